The third-order valence-electron chi connectivity index (χ3n) is 9.72. The smallest absolute Gasteiger partial charge is 0.101 e. The molecule has 0 radical (unpaired) electrons. The van der Waals surface area contributed by atoms with E-state index >= 15 is 0 Å². The Morgan fingerprint density at radius 2 is 1.37 bits per heavy atom. The number of anilines is 2. The third-order valence-corrected chi connectivity index (χ3v) is 9.72. The van der Waals surface area contributed by atoms with Crippen LogP contribution in [0.4, 0.5) is 11.4 Å². The molecule has 1 aromatic heterocycles. The molecule has 0 saturated heterocycles. The van der Waals surface area contributed by atoms with Gasteiger partial charge in [0.05, 0.1) is 40.0 Å². The molecular formula is C45H32N4. The van der Waals surface area contributed by atoms with Crippen LogP contribution in [0.3, 0.4) is 0 Å². The molecule has 0 bridgehead atoms. The van der Waals surface area contributed by atoms with E-state index < -0.39 is 0 Å². The molecular weight excluding hydrogens is 597 g/mol. The average Bonchev–Trinajstić information content (AvgIpc) is 3.67. The fourth-order valence-electron chi connectivity index (χ4n) is 7.52. The maximum Gasteiger partial charge on any atom is 0.101 e. The molecule has 2 unspecified atom stereocenters. The van der Waals surface area contributed by atoms with E-state index in [0.29, 0.717) is 11.1 Å². The minimum Gasteiger partial charge on any atom is -0.333 e. The lowest BCUT2D eigenvalue weighted by atomic mass is 9.94. The first-order valence-electron chi connectivity index (χ1n) is 16.5. The van der Waals surface area contributed by atoms with Crippen molar-refractivity contribution in [2.45, 2.75) is 18.9 Å². The highest BCUT2D eigenvalue weighted by Gasteiger charge is 2.37. The fraction of sp³-hybridized carbons (Fsp3) is 0.0667. The Morgan fingerprint density at radius 3 is 2.10 bits per heavy atom. The van der Waals surface area contributed by atoms with Gasteiger partial charge in [0.1, 0.15) is 6.07 Å². The standard InChI is InChI=1S/C45H32N4/c1-3-10-41-36(4-2)38-12-5-8-16-43(38)49(41)44-27-30(28-46)17-26-37(44)33-20-18-31(19-21-33)32-22-24-35(25-23-32)48-42-15-7-6-13-39(42)40-14-9-11-34(29-47)45(40)48/h3-27,36,41H,2H2,1H3/b10-3-. The van der Waals surface area contributed by atoms with Crippen LogP contribution in [0.15, 0.2) is 158 Å². The highest BCUT2D eigenvalue weighted by Crippen LogP contribution is 2.49. The Morgan fingerprint density at radius 1 is 0.673 bits per heavy atom. The van der Waals surface area contributed by atoms with Gasteiger partial charge in [-0.15, -0.1) is 6.58 Å². The maximum absolute atomic E-state index is 9.95. The molecule has 1 aliphatic rings. The Hall–Kier alpha value is -6.62. The predicted molar refractivity (Wildman–Crippen MR) is 201 cm³/mol. The number of benzene rings is 6. The lowest BCUT2D eigenvalue weighted by Gasteiger charge is -2.30. The number of aromatic nitrogens is 1. The lowest BCUT2D eigenvalue weighted by molar-refractivity contribution is 0.753. The summed E-state index contributed by atoms with van der Waals surface area (Å²) >= 11 is 0. The molecule has 2 atom stereocenters. The van der Waals surface area contributed by atoms with Crippen LogP contribution in [0.2, 0.25) is 0 Å². The largest absolute Gasteiger partial charge is 0.333 e. The van der Waals surface area contributed by atoms with E-state index in [1.54, 1.807) is 0 Å². The zero-order valence-electron chi connectivity index (χ0n) is 27.1. The first kappa shape index (κ1) is 29.8. The number of hydrogen-bond acceptors (Lipinski definition) is 3. The second-order valence-corrected chi connectivity index (χ2v) is 12.3. The van der Waals surface area contributed by atoms with Gasteiger partial charge in [-0.2, -0.15) is 10.5 Å². The first-order chi connectivity index (χ1) is 24.1. The molecule has 0 amide bonds. The summed E-state index contributed by atoms with van der Waals surface area (Å²) in [5.74, 6) is 0.130. The molecule has 4 nitrogen and oxygen atoms in total. The number of fused-ring (bicyclic) bond motifs is 4. The van der Waals surface area contributed by atoms with Gasteiger partial charge in [-0.05, 0) is 71.6 Å². The van der Waals surface area contributed by atoms with Crippen molar-refractivity contribution in [3.63, 3.8) is 0 Å². The third kappa shape index (κ3) is 4.82. The van der Waals surface area contributed by atoms with Crippen molar-refractivity contribution >= 4 is 33.2 Å². The van der Waals surface area contributed by atoms with Crippen LogP contribution in [-0.4, -0.2) is 10.6 Å². The van der Waals surface area contributed by atoms with Crippen molar-refractivity contribution in [2.24, 2.45) is 0 Å². The number of hydrogen-bond donors (Lipinski definition) is 0. The molecule has 2 heterocycles. The molecule has 232 valence electrons. The van der Waals surface area contributed by atoms with Gasteiger partial charge >= 0.3 is 0 Å². The molecule has 8 rings (SSSR count). The van der Waals surface area contributed by atoms with E-state index in [2.05, 4.69) is 137 Å². The van der Waals surface area contributed by atoms with Crippen molar-refractivity contribution in [2.75, 3.05) is 4.90 Å². The summed E-state index contributed by atoms with van der Waals surface area (Å²) in [4.78, 5) is 2.36. The molecule has 0 saturated carbocycles. The van der Waals surface area contributed by atoms with E-state index in [1.807, 2.05) is 49.4 Å². The average molecular weight is 629 g/mol. The summed E-state index contributed by atoms with van der Waals surface area (Å²) < 4.78 is 2.19. The van der Waals surface area contributed by atoms with Gasteiger partial charge in [-0.1, -0.05) is 109 Å². The number of allylic oxidation sites excluding steroid dienone is 1. The summed E-state index contributed by atoms with van der Waals surface area (Å²) in [5.41, 5.74) is 12.0. The molecule has 0 spiro atoms. The molecule has 0 fully saturated rings. The molecule has 49 heavy (non-hydrogen) atoms. The van der Waals surface area contributed by atoms with Gasteiger partial charge < -0.3 is 9.47 Å². The van der Waals surface area contributed by atoms with Gasteiger partial charge in [-0.3, -0.25) is 0 Å². The SMILES string of the molecule is C=CC1c2ccccc2N(c2cc(C#N)ccc2-c2ccc(-c3ccc(-n4c5ccccc5c5cccc(C#N)c54)cc3)cc2)C1/C=C\C. The second kappa shape index (κ2) is 12.2. The normalized spacial score (nSPS) is 15.4. The molecule has 0 N–H and O–H groups in total. The van der Waals surface area contributed by atoms with Crippen LogP contribution in [0, 0.1) is 22.7 Å². The molecule has 0 aliphatic carbocycles. The quantitative estimate of drug-likeness (QED) is 0.172. The summed E-state index contributed by atoms with van der Waals surface area (Å²) in [6.45, 7) is 6.23. The molecule has 7 aromatic rings. The highest BCUT2D eigenvalue weighted by molar-refractivity contribution is 6.11. The van der Waals surface area contributed by atoms with Crippen molar-refractivity contribution in [1.82, 2.24) is 4.57 Å². The first-order valence-corrected chi connectivity index (χ1v) is 16.5. The van der Waals surface area contributed by atoms with Crippen LogP contribution >= 0.6 is 0 Å². The number of rotatable bonds is 6. The Labute approximate surface area is 286 Å². The Kier molecular flexibility index (Phi) is 7.41. The van der Waals surface area contributed by atoms with E-state index in [1.165, 1.54) is 5.56 Å². The van der Waals surface area contributed by atoms with E-state index in [4.69, 9.17) is 0 Å². The summed E-state index contributed by atoms with van der Waals surface area (Å²) in [6, 6.07) is 50.7. The molecule has 6 aromatic carbocycles. The van der Waals surface area contributed by atoms with Gasteiger partial charge in [-0.25, -0.2) is 0 Å². The van der Waals surface area contributed by atoms with Crippen LogP contribution in [0.5, 0.6) is 0 Å². The van der Waals surface area contributed by atoms with Crippen molar-refractivity contribution in [3.05, 3.63) is 175 Å². The van der Waals surface area contributed by atoms with E-state index in [0.717, 1.165) is 61.1 Å². The van der Waals surface area contributed by atoms with Crippen molar-refractivity contribution in [1.29, 1.82) is 10.5 Å². The fourth-order valence-corrected chi connectivity index (χ4v) is 7.52. The van der Waals surface area contributed by atoms with Crippen molar-refractivity contribution < 1.29 is 0 Å². The van der Waals surface area contributed by atoms with E-state index in [-0.39, 0.29) is 12.0 Å². The number of para-hydroxylation sites is 3. The highest BCUT2D eigenvalue weighted by atomic mass is 15.2. The maximum atomic E-state index is 9.95. The minimum absolute atomic E-state index is 0.0455. The Bertz CT molecular complexity index is 2500. The molecule has 4 heteroatoms. The number of nitriles is 2. The predicted octanol–water partition coefficient (Wildman–Crippen LogP) is 11.2. The second-order valence-electron chi connectivity index (χ2n) is 12.3. The van der Waals surface area contributed by atoms with E-state index in [9.17, 15) is 10.5 Å². The van der Waals surface area contributed by atoms with Crippen LogP contribution in [-0.2, 0) is 0 Å². The van der Waals surface area contributed by atoms with Crippen LogP contribution in [0.25, 0.3) is 49.7 Å². The minimum atomic E-state index is 0.0455. The van der Waals surface area contributed by atoms with Crippen LogP contribution in [0.1, 0.15) is 29.5 Å². The Balaban J connectivity index is 1.18. The van der Waals surface area contributed by atoms with Gasteiger partial charge in [0, 0.05) is 33.6 Å². The van der Waals surface area contributed by atoms with Gasteiger partial charge in [0.2, 0.25) is 0 Å². The monoisotopic (exact) mass is 628 g/mol. The summed E-state index contributed by atoms with van der Waals surface area (Å²) in [7, 11) is 0. The van der Waals surface area contributed by atoms with Gasteiger partial charge in [0.15, 0.2) is 0 Å². The zero-order chi connectivity index (χ0) is 33.5. The van der Waals surface area contributed by atoms with Gasteiger partial charge in [0.25, 0.3) is 0 Å². The molecule has 1 aliphatic heterocycles. The summed E-state index contributed by atoms with van der Waals surface area (Å²) in [6.07, 6.45) is 6.35. The summed E-state index contributed by atoms with van der Waals surface area (Å²) in [5, 5.41) is 22.0. The number of nitrogens with zero attached hydrogens (tertiary/aromatic N) is 4. The van der Waals surface area contributed by atoms with Crippen molar-refractivity contribution in [3.8, 4) is 40.1 Å². The topological polar surface area (TPSA) is 55.8 Å². The van der Waals surface area contributed by atoms with Crippen LogP contribution < -0.4 is 4.90 Å². The zero-order valence-corrected chi connectivity index (χ0v) is 27.1. The lowest BCUT2D eigenvalue weighted by Crippen LogP contribution is -2.28.